The summed E-state index contributed by atoms with van der Waals surface area (Å²) in [7, 11) is 2.37. The SMILES string of the molecule is COC(=O)C1=C(C(=O)OC)C2(C(=O)N(Cc3ccccc3)c3ccccc32)N(c2ccc(Cl)cc2)C2=C1C(=O)CCC2. The van der Waals surface area contributed by atoms with E-state index in [-0.39, 0.29) is 35.5 Å². The summed E-state index contributed by atoms with van der Waals surface area (Å²) in [5.74, 6) is -2.58. The number of benzene rings is 3. The number of carbonyl (C=O) groups excluding carboxylic acids is 4. The van der Waals surface area contributed by atoms with Gasteiger partial charge in [0, 0.05) is 28.4 Å². The third kappa shape index (κ3) is 3.97. The molecule has 0 bridgehead atoms. The van der Waals surface area contributed by atoms with Crippen molar-refractivity contribution in [1.29, 1.82) is 0 Å². The van der Waals surface area contributed by atoms with Crippen LogP contribution in [0.25, 0.3) is 0 Å². The summed E-state index contributed by atoms with van der Waals surface area (Å²) in [6.07, 6.45) is 1.07. The molecular formula is C33H27ClN2O6. The molecule has 1 aliphatic carbocycles. The highest BCUT2D eigenvalue weighted by Gasteiger charge is 2.64. The van der Waals surface area contributed by atoms with Crippen LogP contribution in [0.5, 0.6) is 0 Å². The predicted molar refractivity (Wildman–Crippen MR) is 157 cm³/mol. The van der Waals surface area contributed by atoms with Crippen molar-refractivity contribution in [3.63, 3.8) is 0 Å². The van der Waals surface area contributed by atoms with Crippen molar-refractivity contribution in [2.24, 2.45) is 0 Å². The van der Waals surface area contributed by atoms with Gasteiger partial charge in [0.1, 0.15) is 0 Å². The second-order valence-electron chi connectivity index (χ2n) is 10.2. The Kier molecular flexibility index (Phi) is 6.94. The summed E-state index contributed by atoms with van der Waals surface area (Å²) >= 11 is 6.27. The first-order valence-electron chi connectivity index (χ1n) is 13.5. The number of ether oxygens (including phenoxy) is 2. The second-order valence-corrected chi connectivity index (χ2v) is 10.7. The highest BCUT2D eigenvalue weighted by atomic mass is 35.5. The highest BCUT2D eigenvalue weighted by Crippen LogP contribution is 2.57. The molecule has 3 aliphatic rings. The maximum atomic E-state index is 15.2. The first kappa shape index (κ1) is 27.5. The number of ketones is 1. The predicted octanol–water partition coefficient (Wildman–Crippen LogP) is 5.25. The van der Waals surface area contributed by atoms with Crippen molar-refractivity contribution in [2.75, 3.05) is 24.0 Å². The molecule has 1 atom stereocenters. The lowest BCUT2D eigenvalue weighted by atomic mass is 9.71. The van der Waals surface area contributed by atoms with Gasteiger partial charge in [0.15, 0.2) is 11.3 Å². The summed E-state index contributed by atoms with van der Waals surface area (Å²) in [4.78, 5) is 59.7. The molecule has 9 heteroatoms. The Balaban J connectivity index is 1.75. The Hall–Kier alpha value is -4.69. The van der Waals surface area contributed by atoms with Crippen LogP contribution in [0.1, 0.15) is 30.4 Å². The van der Waals surface area contributed by atoms with E-state index in [4.69, 9.17) is 21.1 Å². The van der Waals surface area contributed by atoms with Crippen LogP contribution in [-0.2, 0) is 40.7 Å². The number of allylic oxidation sites excluding steroid dienone is 1. The lowest BCUT2D eigenvalue weighted by molar-refractivity contribution is -0.141. The summed E-state index contributed by atoms with van der Waals surface area (Å²) in [6.45, 7) is 0.208. The number of para-hydroxylation sites is 1. The van der Waals surface area contributed by atoms with Crippen LogP contribution < -0.4 is 9.80 Å². The summed E-state index contributed by atoms with van der Waals surface area (Å²) < 4.78 is 10.4. The minimum absolute atomic E-state index is 0.0702. The van der Waals surface area contributed by atoms with Gasteiger partial charge < -0.3 is 19.3 Å². The number of fused-ring (bicyclic) bond motifs is 2. The molecule has 0 saturated heterocycles. The quantitative estimate of drug-likeness (QED) is 0.379. The fourth-order valence-electron chi connectivity index (χ4n) is 6.37. The van der Waals surface area contributed by atoms with E-state index in [1.54, 1.807) is 46.2 Å². The molecule has 6 rings (SSSR count). The molecule has 0 N–H and O–H groups in total. The topological polar surface area (TPSA) is 93.2 Å². The molecule has 0 aromatic heterocycles. The molecule has 2 aliphatic heterocycles. The Bertz CT molecular complexity index is 1690. The van der Waals surface area contributed by atoms with Crippen LogP contribution in [0.15, 0.2) is 101 Å². The molecule has 1 amide bonds. The summed E-state index contributed by atoms with van der Waals surface area (Å²) in [5.41, 5.74) is 0.605. The van der Waals surface area contributed by atoms with E-state index in [1.165, 1.54) is 14.2 Å². The van der Waals surface area contributed by atoms with Crippen LogP contribution in [-0.4, -0.2) is 37.8 Å². The number of hydrogen-bond acceptors (Lipinski definition) is 7. The van der Waals surface area contributed by atoms with E-state index >= 15 is 4.79 Å². The van der Waals surface area contributed by atoms with E-state index in [0.29, 0.717) is 40.5 Å². The average Bonchev–Trinajstić information content (AvgIpc) is 3.24. The van der Waals surface area contributed by atoms with E-state index in [9.17, 15) is 14.4 Å². The lowest BCUT2D eigenvalue weighted by Crippen LogP contribution is -2.59. The molecule has 2 heterocycles. The van der Waals surface area contributed by atoms with Crippen LogP contribution in [0, 0.1) is 0 Å². The van der Waals surface area contributed by atoms with Gasteiger partial charge in [-0.1, -0.05) is 60.1 Å². The minimum Gasteiger partial charge on any atom is -0.466 e. The number of rotatable bonds is 5. The van der Waals surface area contributed by atoms with Gasteiger partial charge in [-0.2, -0.15) is 0 Å². The molecule has 0 radical (unpaired) electrons. The first-order valence-corrected chi connectivity index (χ1v) is 13.9. The van der Waals surface area contributed by atoms with Crippen LogP contribution in [0.2, 0.25) is 5.02 Å². The maximum absolute atomic E-state index is 15.2. The third-order valence-corrected chi connectivity index (χ3v) is 8.29. The zero-order valence-corrected chi connectivity index (χ0v) is 23.8. The maximum Gasteiger partial charge on any atom is 0.339 e. The molecule has 0 fully saturated rings. The molecule has 8 nitrogen and oxygen atoms in total. The van der Waals surface area contributed by atoms with Gasteiger partial charge >= 0.3 is 11.9 Å². The van der Waals surface area contributed by atoms with Gasteiger partial charge in [0.25, 0.3) is 5.91 Å². The Morgan fingerprint density at radius 2 is 1.52 bits per heavy atom. The van der Waals surface area contributed by atoms with Gasteiger partial charge in [-0.15, -0.1) is 0 Å². The fourth-order valence-corrected chi connectivity index (χ4v) is 6.49. The molecule has 3 aromatic rings. The van der Waals surface area contributed by atoms with Gasteiger partial charge in [-0.05, 0) is 48.7 Å². The smallest absolute Gasteiger partial charge is 0.339 e. The average molecular weight is 583 g/mol. The van der Waals surface area contributed by atoms with Crippen molar-refractivity contribution in [3.05, 3.63) is 117 Å². The van der Waals surface area contributed by atoms with Crippen molar-refractivity contribution in [2.45, 2.75) is 31.3 Å². The number of esters is 2. The number of carbonyl (C=O) groups is 4. The minimum atomic E-state index is -1.88. The molecular weight excluding hydrogens is 556 g/mol. The number of hydrogen-bond donors (Lipinski definition) is 0. The number of Topliss-reactive ketones (excluding diaryl/α,β-unsaturated/α-hetero) is 1. The van der Waals surface area contributed by atoms with Crippen LogP contribution in [0.4, 0.5) is 11.4 Å². The number of nitrogens with zero attached hydrogens (tertiary/aromatic N) is 2. The summed E-state index contributed by atoms with van der Waals surface area (Å²) in [6, 6.07) is 23.5. The van der Waals surface area contributed by atoms with Crippen molar-refractivity contribution >= 4 is 46.6 Å². The Morgan fingerprint density at radius 1 is 0.857 bits per heavy atom. The Morgan fingerprint density at radius 3 is 2.21 bits per heavy atom. The number of halogens is 1. The van der Waals surface area contributed by atoms with E-state index in [2.05, 4.69) is 0 Å². The fraction of sp³-hybridized carbons (Fsp3) is 0.212. The number of amides is 1. The first-order chi connectivity index (χ1) is 20.3. The largest absolute Gasteiger partial charge is 0.466 e. The van der Waals surface area contributed by atoms with Gasteiger partial charge in [0.05, 0.1) is 43.2 Å². The molecule has 1 spiro atoms. The van der Waals surface area contributed by atoms with Gasteiger partial charge in [0.2, 0.25) is 0 Å². The monoisotopic (exact) mass is 582 g/mol. The van der Waals surface area contributed by atoms with Crippen molar-refractivity contribution < 1.29 is 28.7 Å². The Labute approximate surface area is 247 Å². The molecule has 0 saturated carbocycles. The zero-order valence-electron chi connectivity index (χ0n) is 23.1. The number of methoxy groups -OCH3 is 2. The molecule has 3 aromatic carbocycles. The zero-order chi connectivity index (χ0) is 29.6. The summed E-state index contributed by atoms with van der Waals surface area (Å²) in [5, 5.41) is 0.474. The normalized spacial score (nSPS) is 19.7. The number of anilines is 2. The third-order valence-electron chi connectivity index (χ3n) is 8.04. The molecule has 1 unspecified atom stereocenters. The van der Waals surface area contributed by atoms with E-state index in [1.807, 2.05) is 42.5 Å². The highest BCUT2D eigenvalue weighted by molar-refractivity contribution is 6.30. The van der Waals surface area contributed by atoms with Gasteiger partial charge in [-0.25, -0.2) is 9.59 Å². The van der Waals surface area contributed by atoms with Crippen molar-refractivity contribution in [3.8, 4) is 0 Å². The van der Waals surface area contributed by atoms with Gasteiger partial charge in [-0.3, -0.25) is 9.59 Å². The van der Waals surface area contributed by atoms with Crippen LogP contribution in [0.3, 0.4) is 0 Å². The molecule has 212 valence electrons. The lowest BCUT2D eigenvalue weighted by Gasteiger charge is -2.48. The van der Waals surface area contributed by atoms with Crippen LogP contribution >= 0.6 is 11.6 Å². The van der Waals surface area contributed by atoms with E-state index in [0.717, 1.165) is 5.56 Å². The van der Waals surface area contributed by atoms with E-state index < -0.39 is 23.4 Å². The second kappa shape index (κ2) is 10.6. The molecule has 42 heavy (non-hydrogen) atoms. The van der Waals surface area contributed by atoms with Crippen molar-refractivity contribution in [1.82, 2.24) is 0 Å². The standard InChI is InChI=1S/C33H27ClN2O6/c1-41-30(38)28-27-25(13-8-14-26(27)37)36(22-17-15-21(34)16-18-22)33(29(28)31(39)42-2)23-11-6-7-12-24(23)35(32(33)40)19-20-9-4-3-5-10-20/h3-7,9-12,15-18H,8,13-14,19H2,1-2H3.